The van der Waals surface area contributed by atoms with Crippen LogP contribution in [-0.4, -0.2) is 12.2 Å². The third-order valence-corrected chi connectivity index (χ3v) is 4.64. The Kier molecular flexibility index (Phi) is 3.05. The van der Waals surface area contributed by atoms with E-state index in [1.165, 1.54) is 24.0 Å². The van der Waals surface area contributed by atoms with Crippen LogP contribution >= 0.6 is 0 Å². The molecule has 0 aromatic heterocycles. The molecule has 19 heavy (non-hydrogen) atoms. The maximum absolute atomic E-state index is 6.22. The minimum Gasteiger partial charge on any atom is -0.375 e. The third-order valence-electron chi connectivity index (χ3n) is 4.64. The van der Waals surface area contributed by atoms with Crippen molar-refractivity contribution in [3.8, 4) is 0 Å². The second-order valence-corrected chi connectivity index (χ2v) is 6.99. The lowest BCUT2D eigenvalue weighted by molar-refractivity contribution is -0.111. The molecule has 3 rings (SSSR count). The van der Waals surface area contributed by atoms with Gasteiger partial charge >= 0.3 is 0 Å². The van der Waals surface area contributed by atoms with Gasteiger partial charge in [-0.1, -0.05) is 50.3 Å². The number of hydrogen-bond donors (Lipinski definition) is 0. The molecule has 0 bridgehead atoms. The first-order valence-corrected chi connectivity index (χ1v) is 7.42. The first-order valence-electron chi connectivity index (χ1n) is 7.42. The van der Waals surface area contributed by atoms with E-state index in [2.05, 4.69) is 57.2 Å². The monoisotopic (exact) mass is 256 g/mol. The van der Waals surface area contributed by atoms with Crippen molar-refractivity contribution in [2.45, 2.75) is 45.6 Å². The molecular weight excluding hydrogens is 232 g/mol. The van der Waals surface area contributed by atoms with Gasteiger partial charge in [0, 0.05) is 12.5 Å². The van der Waals surface area contributed by atoms with Crippen molar-refractivity contribution in [1.29, 1.82) is 0 Å². The summed E-state index contributed by atoms with van der Waals surface area (Å²) in [6.07, 6.45) is 6.06. The molecule has 1 aromatic rings. The summed E-state index contributed by atoms with van der Waals surface area (Å²) in [7, 11) is 0. The molecule has 0 amide bonds. The molecule has 2 atom stereocenters. The molecule has 0 N–H and O–H groups in total. The van der Waals surface area contributed by atoms with Gasteiger partial charge in [0.05, 0.1) is 5.60 Å². The molecule has 0 radical (unpaired) electrons. The van der Waals surface area contributed by atoms with Gasteiger partial charge in [0.2, 0.25) is 0 Å². The standard InChI is InChI=1S/C18H24O/c1-17(2)12-15(14-8-5-4-6-9-14)16-10-7-11-19-18(16,3)13-17/h4-6,8-9,12,16H,7,10-11,13H2,1-3H3/t16-,18+/m0/s1. The van der Waals surface area contributed by atoms with Crippen molar-refractivity contribution in [1.82, 2.24) is 0 Å². The Hall–Kier alpha value is -1.08. The van der Waals surface area contributed by atoms with Gasteiger partial charge in [-0.25, -0.2) is 0 Å². The lowest BCUT2D eigenvalue weighted by Gasteiger charge is -2.50. The minimum absolute atomic E-state index is 0.0156. The van der Waals surface area contributed by atoms with Crippen LogP contribution in [0.5, 0.6) is 0 Å². The van der Waals surface area contributed by atoms with Crippen LogP contribution in [0.4, 0.5) is 0 Å². The molecule has 0 saturated carbocycles. The van der Waals surface area contributed by atoms with Crippen molar-refractivity contribution < 1.29 is 4.74 Å². The first kappa shape index (κ1) is 12.9. The molecule has 1 heterocycles. The topological polar surface area (TPSA) is 9.23 Å². The summed E-state index contributed by atoms with van der Waals surface area (Å²) in [4.78, 5) is 0. The Morgan fingerprint density at radius 3 is 2.58 bits per heavy atom. The summed E-state index contributed by atoms with van der Waals surface area (Å²) in [6.45, 7) is 7.89. The predicted molar refractivity (Wildman–Crippen MR) is 79.9 cm³/mol. The molecule has 0 unspecified atom stereocenters. The molecular formula is C18H24O. The lowest BCUT2D eigenvalue weighted by atomic mass is 9.63. The van der Waals surface area contributed by atoms with Crippen LogP contribution < -0.4 is 0 Å². The Morgan fingerprint density at radius 2 is 1.84 bits per heavy atom. The molecule has 1 fully saturated rings. The summed E-state index contributed by atoms with van der Waals surface area (Å²) in [6, 6.07) is 10.8. The number of ether oxygens (including phenoxy) is 1. The van der Waals surface area contributed by atoms with Crippen molar-refractivity contribution in [3.05, 3.63) is 42.0 Å². The highest BCUT2D eigenvalue weighted by atomic mass is 16.5. The largest absolute Gasteiger partial charge is 0.375 e. The van der Waals surface area contributed by atoms with Crippen LogP contribution in [-0.2, 0) is 4.74 Å². The summed E-state index contributed by atoms with van der Waals surface area (Å²) >= 11 is 0. The van der Waals surface area contributed by atoms with Crippen LogP contribution in [0.2, 0.25) is 0 Å². The fourth-order valence-corrected chi connectivity index (χ4v) is 4.05. The number of hydrogen-bond acceptors (Lipinski definition) is 1. The molecule has 1 aromatic carbocycles. The lowest BCUT2D eigenvalue weighted by Crippen LogP contribution is -2.47. The van der Waals surface area contributed by atoms with Crippen molar-refractivity contribution in [2.75, 3.05) is 6.61 Å². The zero-order chi connectivity index (χ0) is 13.5. The smallest absolute Gasteiger partial charge is 0.0730 e. The van der Waals surface area contributed by atoms with Crippen LogP contribution in [0.1, 0.15) is 45.6 Å². The average molecular weight is 256 g/mol. The van der Waals surface area contributed by atoms with Crippen molar-refractivity contribution in [3.63, 3.8) is 0 Å². The van der Waals surface area contributed by atoms with Crippen LogP contribution in [0.15, 0.2) is 36.4 Å². The van der Waals surface area contributed by atoms with E-state index >= 15 is 0 Å². The van der Waals surface area contributed by atoms with E-state index in [0.29, 0.717) is 5.92 Å². The minimum atomic E-state index is 0.0156. The molecule has 1 aliphatic carbocycles. The quantitative estimate of drug-likeness (QED) is 0.708. The maximum Gasteiger partial charge on any atom is 0.0730 e. The van der Waals surface area contributed by atoms with Crippen LogP contribution in [0.25, 0.3) is 5.57 Å². The van der Waals surface area contributed by atoms with Gasteiger partial charge in [-0.2, -0.15) is 0 Å². The Morgan fingerprint density at radius 1 is 1.11 bits per heavy atom. The number of rotatable bonds is 1. The second-order valence-electron chi connectivity index (χ2n) is 6.99. The second kappa shape index (κ2) is 4.49. The van der Waals surface area contributed by atoms with Gasteiger partial charge in [-0.15, -0.1) is 0 Å². The third kappa shape index (κ3) is 2.36. The van der Waals surface area contributed by atoms with E-state index in [0.717, 1.165) is 13.0 Å². The molecule has 102 valence electrons. The molecule has 1 heteroatoms. The van der Waals surface area contributed by atoms with E-state index in [1.54, 1.807) is 0 Å². The number of fused-ring (bicyclic) bond motifs is 1. The van der Waals surface area contributed by atoms with Crippen LogP contribution in [0.3, 0.4) is 0 Å². The highest BCUT2D eigenvalue weighted by molar-refractivity contribution is 5.70. The molecule has 1 nitrogen and oxygen atoms in total. The van der Waals surface area contributed by atoms with E-state index < -0.39 is 0 Å². The summed E-state index contributed by atoms with van der Waals surface area (Å²) in [5.41, 5.74) is 3.10. The Labute approximate surface area is 116 Å². The van der Waals surface area contributed by atoms with Gasteiger partial charge in [-0.3, -0.25) is 0 Å². The number of benzene rings is 1. The fraction of sp³-hybridized carbons (Fsp3) is 0.556. The van der Waals surface area contributed by atoms with Gasteiger partial charge in [0.25, 0.3) is 0 Å². The molecule has 1 saturated heterocycles. The maximum atomic E-state index is 6.22. The highest BCUT2D eigenvalue weighted by Crippen LogP contribution is 2.51. The Bertz CT molecular complexity index is 486. The molecule has 1 aliphatic heterocycles. The van der Waals surface area contributed by atoms with Gasteiger partial charge in [0.1, 0.15) is 0 Å². The Balaban J connectivity index is 2.07. The van der Waals surface area contributed by atoms with Crippen molar-refractivity contribution in [2.24, 2.45) is 11.3 Å². The van der Waals surface area contributed by atoms with Gasteiger partial charge < -0.3 is 4.74 Å². The van der Waals surface area contributed by atoms with E-state index in [-0.39, 0.29) is 11.0 Å². The molecule has 2 aliphatic rings. The van der Waals surface area contributed by atoms with E-state index in [1.807, 2.05) is 0 Å². The van der Waals surface area contributed by atoms with Crippen LogP contribution in [0, 0.1) is 11.3 Å². The zero-order valence-corrected chi connectivity index (χ0v) is 12.3. The summed E-state index contributed by atoms with van der Waals surface area (Å²) in [5, 5.41) is 0. The van der Waals surface area contributed by atoms with Gasteiger partial charge in [0.15, 0.2) is 0 Å². The van der Waals surface area contributed by atoms with Gasteiger partial charge in [-0.05, 0) is 42.7 Å². The highest BCUT2D eigenvalue weighted by Gasteiger charge is 2.46. The summed E-state index contributed by atoms with van der Waals surface area (Å²) < 4.78 is 6.22. The van der Waals surface area contributed by atoms with E-state index in [9.17, 15) is 0 Å². The fourth-order valence-electron chi connectivity index (χ4n) is 4.05. The SMILES string of the molecule is CC1(C)C=C(c2ccccc2)[C@@H]2CCCO[C@]2(C)C1. The number of allylic oxidation sites excluding steroid dienone is 1. The summed E-state index contributed by atoms with van der Waals surface area (Å²) in [5.74, 6) is 0.552. The normalized spacial score (nSPS) is 33.4. The molecule has 0 spiro atoms. The predicted octanol–water partition coefficient (Wildman–Crippen LogP) is 4.69. The average Bonchev–Trinajstić information content (AvgIpc) is 2.36. The van der Waals surface area contributed by atoms with Crippen molar-refractivity contribution >= 4 is 5.57 Å². The van der Waals surface area contributed by atoms with E-state index in [4.69, 9.17) is 4.74 Å². The zero-order valence-electron chi connectivity index (χ0n) is 12.3. The first-order chi connectivity index (χ1) is 9.00.